The second kappa shape index (κ2) is 9.13. The van der Waals surface area contributed by atoms with Gasteiger partial charge in [0.25, 0.3) is 0 Å². The van der Waals surface area contributed by atoms with E-state index in [9.17, 15) is 0 Å². The second-order valence-electron chi connectivity index (χ2n) is 4.23. The first-order chi connectivity index (χ1) is 7.43. The van der Waals surface area contributed by atoms with Gasteiger partial charge in [0, 0.05) is 26.4 Å². The van der Waals surface area contributed by atoms with Crippen LogP contribution in [0.1, 0.15) is 32.6 Å². The van der Waals surface area contributed by atoms with E-state index in [-0.39, 0.29) is 0 Å². The molecule has 15 heavy (non-hydrogen) atoms. The third-order valence-electron chi connectivity index (χ3n) is 2.82. The first-order valence-corrected chi connectivity index (χ1v) is 6.29. The summed E-state index contributed by atoms with van der Waals surface area (Å²) < 4.78 is 10.8. The maximum Gasteiger partial charge on any atom is 0.0590 e. The molecule has 0 saturated carbocycles. The van der Waals surface area contributed by atoms with E-state index in [1.807, 2.05) is 0 Å². The summed E-state index contributed by atoms with van der Waals surface area (Å²) in [4.78, 5) is 0. The van der Waals surface area contributed by atoms with Gasteiger partial charge in [-0.15, -0.1) is 0 Å². The smallest absolute Gasteiger partial charge is 0.0590 e. The number of hydrogen-bond acceptors (Lipinski definition) is 3. The largest absolute Gasteiger partial charge is 0.381 e. The minimum Gasteiger partial charge on any atom is -0.381 e. The van der Waals surface area contributed by atoms with Gasteiger partial charge in [-0.05, 0) is 31.7 Å². The summed E-state index contributed by atoms with van der Waals surface area (Å²) in [5.74, 6) is 0.790. The summed E-state index contributed by atoms with van der Waals surface area (Å²) in [5, 5.41) is 3.41. The van der Waals surface area contributed by atoms with Crippen LogP contribution in [-0.4, -0.2) is 39.5 Å². The summed E-state index contributed by atoms with van der Waals surface area (Å²) in [6, 6.07) is 0. The Kier molecular flexibility index (Phi) is 7.88. The highest BCUT2D eigenvalue weighted by atomic mass is 16.5. The van der Waals surface area contributed by atoms with Crippen LogP contribution in [0.25, 0.3) is 0 Å². The SMILES string of the molecule is CCCCOCCNCCC1CCOC1. The first-order valence-electron chi connectivity index (χ1n) is 6.29. The van der Waals surface area contributed by atoms with Crippen LogP contribution in [0.15, 0.2) is 0 Å². The molecule has 90 valence electrons. The molecule has 1 atom stereocenters. The molecule has 0 aromatic rings. The van der Waals surface area contributed by atoms with Gasteiger partial charge in [0.15, 0.2) is 0 Å². The maximum absolute atomic E-state index is 5.46. The molecule has 1 unspecified atom stereocenters. The van der Waals surface area contributed by atoms with E-state index in [0.29, 0.717) is 0 Å². The Morgan fingerprint density at radius 2 is 2.27 bits per heavy atom. The minimum absolute atomic E-state index is 0.790. The van der Waals surface area contributed by atoms with Crippen molar-refractivity contribution >= 4 is 0 Å². The van der Waals surface area contributed by atoms with E-state index < -0.39 is 0 Å². The fourth-order valence-corrected chi connectivity index (χ4v) is 1.73. The molecule has 1 rings (SSSR count). The standard InChI is InChI=1S/C12H25NO2/c1-2-3-8-14-10-7-13-6-4-12-5-9-15-11-12/h12-13H,2-11H2,1H3. The predicted octanol–water partition coefficient (Wildman–Crippen LogP) is 1.82. The van der Waals surface area contributed by atoms with Gasteiger partial charge in [-0.3, -0.25) is 0 Å². The van der Waals surface area contributed by atoms with Crippen LogP contribution in [-0.2, 0) is 9.47 Å². The highest BCUT2D eigenvalue weighted by Crippen LogP contribution is 2.14. The van der Waals surface area contributed by atoms with Crippen LogP contribution in [0.2, 0.25) is 0 Å². The Labute approximate surface area is 93.5 Å². The molecule has 1 fully saturated rings. The average Bonchev–Trinajstić information content (AvgIpc) is 2.75. The Hall–Kier alpha value is -0.120. The van der Waals surface area contributed by atoms with Crippen molar-refractivity contribution in [2.45, 2.75) is 32.6 Å². The molecule has 0 aromatic carbocycles. The van der Waals surface area contributed by atoms with Crippen molar-refractivity contribution in [3.63, 3.8) is 0 Å². The van der Waals surface area contributed by atoms with Crippen molar-refractivity contribution in [1.82, 2.24) is 5.32 Å². The molecule has 0 amide bonds. The van der Waals surface area contributed by atoms with Crippen LogP contribution in [0, 0.1) is 5.92 Å². The van der Waals surface area contributed by atoms with Gasteiger partial charge in [0.2, 0.25) is 0 Å². The quantitative estimate of drug-likeness (QED) is 0.595. The molecule has 1 saturated heterocycles. The van der Waals surface area contributed by atoms with Crippen molar-refractivity contribution in [1.29, 1.82) is 0 Å². The Balaban J connectivity index is 1.73. The third-order valence-corrected chi connectivity index (χ3v) is 2.82. The predicted molar refractivity (Wildman–Crippen MR) is 62.1 cm³/mol. The summed E-state index contributed by atoms with van der Waals surface area (Å²) in [6.45, 7) is 7.96. The van der Waals surface area contributed by atoms with Gasteiger partial charge in [-0.1, -0.05) is 13.3 Å². The first kappa shape index (κ1) is 12.9. The minimum atomic E-state index is 0.790. The van der Waals surface area contributed by atoms with Crippen molar-refractivity contribution in [2.24, 2.45) is 5.92 Å². The zero-order chi connectivity index (χ0) is 10.8. The van der Waals surface area contributed by atoms with E-state index in [4.69, 9.17) is 9.47 Å². The number of ether oxygens (including phenoxy) is 2. The molecule has 0 aliphatic carbocycles. The van der Waals surface area contributed by atoms with Crippen LogP contribution in [0.3, 0.4) is 0 Å². The second-order valence-corrected chi connectivity index (χ2v) is 4.23. The normalized spacial score (nSPS) is 21.0. The van der Waals surface area contributed by atoms with Gasteiger partial charge < -0.3 is 14.8 Å². The molecular formula is C12H25NO2. The highest BCUT2D eigenvalue weighted by molar-refractivity contribution is 4.65. The van der Waals surface area contributed by atoms with E-state index >= 15 is 0 Å². The molecule has 1 N–H and O–H groups in total. The Bertz CT molecular complexity index is 136. The molecule has 0 radical (unpaired) electrons. The van der Waals surface area contributed by atoms with E-state index in [1.165, 1.54) is 25.7 Å². The van der Waals surface area contributed by atoms with Crippen LogP contribution < -0.4 is 5.32 Å². The molecule has 1 heterocycles. The molecule has 3 nitrogen and oxygen atoms in total. The van der Waals surface area contributed by atoms with Gasteiger partial charge in [-0.25, -0.2) is 0 Å². The zero-order valence-electron chi connectivity index (χ0n) is 9.96. The topological polar surface area (TPSA) is 30.5 Å². The molecule has 0 spiro atoms. The van der Waals surface area contributed by atoms with Crippen LogP contribution in [0.4, 0.5) is 0 Å². The third kappa shape index (κ3) is 6.88. The number of rotatable bonds is 9. The fourth-order valence-electron chi connectivity index (χ4n) is 1.73. The van der Waals surface area contributed by atoms with Crippen molar-refractivity contribution in [3.8, 4) is 0 Å². The van der Waals surface area contributed by atoms with E-state index in [2.05, 4.69) is 12.2 Å². The van der Waals surface area contributed by atoms with Gasteiger partial charge in [0.05, 0.1) is 6.61 Å². The van der Waals surface area contributed by atoms with Crippen LogP contribution in [0.5, 0.6) is 0 Å². The molecular weight excluding hydrogens is 190 g/mol. The fraction of sp³-hybridized carbons (Fsp3) is 1.00. The zero-order valence-corrected chi connectivity index (χ0v) is 9.96. The Morgan fingerprint density at radius 3 is 3.00 bits per heavy atom. The summed E-state index contributed by atoms with van der Waals surface area (Å²) in [6.07, 6.45) is 4.89. The van der Waals surface area contributed by atoms with E-state index in [1.54, 1.807) is 0 Å². The lowest BCUT2D eigenvalue weighted by Crippen LogP contribution is -2.23. The lowest BCUT2D eigenvalue weighted by atomic mass is 10.1. The average molecular weight is 215 g/mol. The number of nitrogens with one attached hydrogen (secondary N) is 1. The maximum atomic E-state index is 5.46. The molecule has 0 aromatic heterocycles. The monoisotopic (exact) mass is 215 g/mol. The van der Waals surface area contributed by atoms with Crippen LogP contribution >= 0.6 is 0 Å². The van der Waals surface area contributed by atoms with Crippen molar-refractivity contribution in [2.75, 3.05) is 39.5 Å². The van der Waals surface area contributed by atoms with Gasteiger partial charge in [-0.2, -0.15) is 0 Å². The summed E-state index contributed by atoms with van der Waals surface area (Å²) in [5.41, 5.74) is 0. The van der Waals surface area contributed by atoms with E-state index in [0.717, 1.165) is 45.4 Å². The lowest BCUT2D eigenvalue weighted by molar-refractivity contribution is 0.132. The van der Waals surface area contributed by atoms with Crippen molar-refractivity contribution < 1.29 is 9.47 Å². The highest BCUT2D eigenvalue weighted by Gasteiger charge is 2.14. The molecule has 1 aliphatic heterocycles. The van der Waals surface area contributed by atoms with Gasteiger partial charge in [0.1, 0.15) is 0 Å². The number of unbranched alkanes of at least 4 members (excludes halogenated alkanes) is 1. The lowest BCUT2D eigenvalue weighted by Gasteiger charge is -2.08. The van der Waals surface area contributed by atoms with Crippen molar-refractivity contribution in [3.05, 3.63) is 0 Å². The molecule has 3 heteroatoms. The Morgan fingerprint density at radius 1 is 1.33 bits per heavy atom. The summed E-state index contributed by atoms with van der Waals surface area (Å²) in [7, 11) is 0. The molecule has 0 bridgehead atoms. The number of hydrogen-bond donors (Lipinski definition) is 1. The van der Waals surface area contributed by atoms with Gasteiger partial charge >= 0.3 is 0 Å². The molecule has 1 aliphatic rings. The summed E-state index contributed by atoms with van der Waals surface area (Å²) >= 11 is 0.